The number of sulfonamides is 1. The summed E-state index contributed by atoms with van der Waals surface area (Å²) in [5.74, 6) is 0.556. The molecule has 0 spiro atoms. The number of nitrogens with zero attached hydrogens (tertiary/aromatic N) is 2. The fraction of sp³-hybridized carbons (Fsp3) is 0.304. The molecule has 0 bridgehead atoms. The first-order valence-corrected chi connectivity index (χ1v) is 11.9. The molecule has 0 radical (unpaired) electrons. The van der Waals surface area contributed by atoms with Gasteiger partial charge >= 0.3 is 0 Å². The van der Waals surface area contributed by atoms with Gasteiger partial charge in [0.05, 0.1) is 17.1 Å². The second-order valence-corrected chi connectivity index (χ2v) is 9.62. The van der Waals surface area contributed by atoms with Gasteiger partial charge in [-0.15, -0.1) is 0 Å². The van der Waals surface area contributed by atoms with Crippen LogP contribution in [0.2, 0.25) is 0 Å². The number of aromatic nitrogens is 2. The van der Waals surface area contributed by atoms with E-state index in [4.69, 9.17) is 0 Å². The van der Waals surface area contributed by atoms with E-state index in [-0.39, 0.29) is 16.8 Å². The van der Waals surface area contributed by atoms with Crippen LogP contribution in [0.4, 0.5) is 5.82 Å². The van der Waals surface area contributed by atoms with E-state index < -0.39 is 10.0 Å². The van der Waals surface area contributed by atoms with E-state index >= 15 is 0 Å². The number of hydrogen-bond donors (Lipinski definition) is 2. The maximum absolute atomic E-state index is 12.5. The van der Waals surface area contributed by atoms with Crippen LogP contribution in [0.3, 0.4) is 0 Å². The van der Waals surface area contributed by atoms with E-state index in [0.717, 1.165) is 29.7 Å². The van der Waals surface area contributed by atoms with E-state index in [2.05, 4.69) is 15.1 Å². The molecule has 2 N–H and O–H groups in total. The molecule has 4 rings (SSSR count). The summed E-state index contributed by atoms with van der Waals surface area (Å²) in [5, 5.41) is 7.42. The highest BCUT2D eigenvalue weighted by Gasteiger charge is 2.27. The van der Waals surface area contributed by atoms with E-state index in [1.165, 1.54) is 0 Å². The maximum atomic E-state index is 12.5. The summed E-state index contributed by atoms with van der Waals surface area (Å²) >= 11 is 0. The van der Waals surface area contributed by atoms with Crippen molar-refractivity contribution in [2.45, 2.75) is 50.1 Å². The standard InChI is InChI=1S/C23H26N4O3S/c1-17-15-22(27(25-17)16-19-5-3-2-4-6-19)24-23(28)14-9-18-7-12-21(13-8-18)31(29,30)26-20-10-11-20/h2-8,12-13,15,20,26H,9-11,14,16H2,1H3,(H,24,28). The average molecular weight is 439 g/mol. The van der Waals surface area contributed by atoms with Crippen LogP contribution in [0.1, 0.15) is 36.1 Å². The van der Waals surface area contributed by atoms with Crippen LogP contribution in [0, 0.1) is 6.92 Å². The lowest BCUT2D eigenvalue weighted by atomic mass is 10.1. The van der Waals surface area contributed by atoms with E-state index in [0.29, 0.717) is 25.2 Å². The minimum Gasteiger partial charge on any atom is -0.311 e. The summed E-state index contributed by atoms with van der Waals surface area (Å²) in [7, 11) is -3.45. The Morgan fingerprint density at radius 1 is 1.06 bits per heavy atom. The molecule has 7 nitrogen and oxygen atoms in total. The fourth-order valence-corrected chi connectivity index (χ4v) is 4.62. The van der Waals surface area contributed by atoms with Crippen molar-refractivity contribution in [3.63, 3.8) is 0 Å². The first-order valence-electron chi connectivity index (χ1n) is 10.4. The van der Waals surface area contributed by atoms with Gasteiger partial charge in [0.15, 0.2) is 0 Å². The molecule has 2 aromatic carbocycles. The lowest BCUT2D eigenvalue weighted by Crippen LogP contribution is -2.25. The molecular weight excluding hydrogens is 412 g/mol. The Kier molecular flexibility index (Phi) is 6.20. The molecule has 162 valence electrons. The minimum atomic E-state index is -3.45. The zero-order valence-corrected chi connectivity index (χ0v) is 18.2. The minimum absolute atomic E-state index is 0.0762. The summed E-state index contributed by atoms with van der Waals surface area (Å²) in [6.45, 7) is 2.47. The van der Waals surface area contributed by atoms with Gasteiger partial charge in [0.2, 0.25) is 15.9 Å². The monoisotopic (exact) mass is 438 g/mol. The predicted octanol–water partition coefficient (Wildman–Crippen LogP) is 3.25. The SMILES string of the molecule is Cc1cc(NC(=O)CCc2ccc(S(=O)(=O)NC3CC3)cc2)n(Cc2ccccc2)n1. The quantitative estimate of drug-likeness (QED) is 0.536. The van der Waals surface area contributed by atoms with Crippen LogP contribution in [0.25, 0.3) is 0 Å². The Morgan fingerprint density at radius 3 is 2.45 bits per heavy atom. The van der Waals surface area contributed by atoms with Crippen LogP contribution in [-0.2, 0) is 27.8 Å². The summed E-state index contributed by atoms with van der Waals surface area (Å²) in [5.41, 5.74) is 2.85. The Morgan fingerprint density at radius 2 is 1.77 bits per heavy atom. The number of aryl methyl sites for hydroxylation is 2. The second-order valence-electron chi connectivity index (χ2n) is 7.90. The van der Waals surface area contributed by atoms with Crippen molar-refractivity contribution in [3.8, 4) is 0 Å². The van der Waals surface area contributed by atoms with Crippen molar-refractivity contribution in [1.82, 2.24) is 14.5 Å². The highest BCUT2D eigenvalue weighted by Crippen LogP contribution is 2.22. The van der Waals surface area contributed by atoms with Crippen molar-refractivity contribution in [1.29, 1.82) is 0 Å². The number of anilines is 1. The topological polar surface area (TPSA) is 93.1 Å². The molecule has 0 unspecified atom stereocenters. The third-order valence-corrected chi connectivity index (χ3v) is 6.65. The third kappa shape index (κ3) is 5.80. The van der Waals surface area contributed by atoms with Gasteiger partial charge in [0.1, 0.15) is 5.82 Å². The van der Waals surface area contributed by atoms with Crippen LogP contribution in [0.5, 0.6) is 0 Å². The molecule has 31 heavy (non-hydrogen) atoms. The summed E-state index contributed by atoms with van der Waals surface area (Å²) in [4.78, 5) is 12.8. The molecule has 0 saturated heterocycles. The normalized spacial score (nSPS) is 13.8. The van der Waals surface area contributed by atoms with Gasteiger partial charge in [-0.05, 0) is 49.4 Å². The second kappa shape index (κ2) is 9.03. The molecule has 1 aliphatic rings. The molecule has 1 fully saturated rings. The summed E-state index contributed by atoms with van der Waals surface area (Å²) < 4.78 is 28.9. The van der Waals surface area contributed by atoms with Crippen molar-refractivity contribution < 1.29 is 13.2 Å². The zero-order valence-electron chi connectivity index (χ0n) is 17.4. The van der Waals surface area contributed by atoms with Crippen LogP contribution in [0.15, 0.2) is 65.6 Å². The van der Waals surface area contributed by atoms with E-state index in [1.54, 1.807) is 28.9 Å². The van der Waals surface area contributed by atoms with Crippen molar-refractivity contribution in [3.05, 3.63) is 77.5 Å². The Hall–Kier alpha value is -2.97. The molecule has 1 amide bonds. The molecule has 1 aliphatic carbocycles. The first kappa shape index (κ1) is 21.3. The molecule has 0 aliphatic heterocycles. The number of benzene rings is 2. The van der Waals surface area contributed by atoms with Gasteiger partial charge in [-0.2, -0.15) is 5.10 Å². The highest BCUT2D eigenvalue weighted by molar-refractivity contribution is 7.89. The summed E-state index contributed by atoms with van der Waals surface area (Å²) in [6.07, 6.45) is 2.61. The van der Waals surface area contributed by atoms with E-state index in [9.17, 15) is 13.2 Å². The molecule has 1 saturated carbocycles. The van der Waals surface area contributed by atoms with Gasteiger partial charge in [-0.3, -0.25) is 4.79 Å². The van der Waals surface area contributed by atoms with Crippen LogP contribution in [-0.4, -0.2) is 30.1 Å². The number of carbonyl (C=O) groups is 1. The molecular formula is C23H26N4O3S. The van der Waals surface area contributed by atoms with Crippen LogP contribution < -0.4 is 10.0 Å². The Bertz CT molecular complexity index is 1150. The van der Waals surface area contributed by atoms with E-state index in [1.807, 2.05) is 43.3 Å². The first-order chi connectivity index (χ1) is 14.9. The number of carbonyl (C=O) groups excluding carboxylic acids is 1. The highest BCUT2D eigenvalue weighted by atomic mass is 32.2. The van der Waals surface area contributed by atoms with Crippen molar-refractivity contribution in [2.24, 2.45) is 0 Å². The number of amides is 1. The molecule has 0 atom stereocenters. The van der Waals surface area contributed by atoms with Gasteiger partial charge in [-0.25, -0.2) is 17.8 Å². The largest absolute Gasteiger partial charge is 0.311 e. The summed E-state index contributed by atoms with van der Waals surface area (Å²) in [6, 6.07) is 18.6. The fourth-order valence-electron chi connectivity index (χ4n) is 3.31. The number of nitrogens with one attached hydrogen (secondary N) is 2. The smallest absolute Gasteiger partial charge is 0.240 e. The Balaban J connectivity index is 1.33. The molecule has 3 aromatic rings. The zero-order chi connectivity index (χ0) is 21.8. The maximum Gasteiger partial charge on any atom is 0.240 e. The lowest BCUT2D eigenvalue weighted by Gasteiger charge is -2.10. The van der Waals surface area contributed by atoms with Gasteiger partial charge in [-0.1, -0.05) is 42.5 Å². The van der Waals surface area contributed by atoms with Crippen molar-refractivity contribution >= 4 is 21.7 Å². The third-order valence-electron chi connectivity index (χ3n) is 5.12. The average Bonchev–Trinajstić information content (AvgIpc) is 3.49. The van der Waals surface area contributed by atoms with Crippen LogP contribution >= 0.6 is 0 Å². The molecule has 8 heteroatoms. The molecule has 1 aromatic heterocycles. The number of rotatable bonds is 9. The van der Waals surface area contributed by atoms with Crippen molar-refractivity contribution in [2.75, 3.05) is 5.32 Å². The number of hydrogen-bond acceptors (Lipinski definition) is 4. The predicted molar refractivity (Wildman–Crippen MR) is 119 cm³/mol. The lowest BCUT2D eigenvalue weighted by molar-refractivity contribution is -0.116. The van der Waals surface area contributed by atoms with Gasteiger partial charge < -0.3 is 5.32 Å². The Labute approximate surface area is 182 Å². The molecule has 1 heterocycles. The van der Waals surface area contributed by atoms with Gasteiger partial charge in [0, 0.05) is 18.5 Å². The van der Waals surface area contributed by atoms with Gasteiger partial charge in [0.25, 0.3) is 0 Å².